The van der Waals surface area contributed by atoms with E-state index in [1.165, 1.54) is 6.20 Å². The first-order valence-corrected chi connectivity index (χ1v) is 8.34. The van der Waals surface area contributed by atoms with Gasteiger partial charge in [-0.2, -0.15) is 5.10 Å². The second-order valence-corrected chi connectivity index (χ2v) is 6.10. The Labute approximate surface area is 158 Å². The summed E-state index contributed by atoms with van der Waals surface area (Å²) in [4.78, 5) is 39.2. The molecule has 2 aromatic rings. The van der Waals surface area contributed by atoms with E-state index in [2.05, 4.69) is 42.1 Å². The number of nitrogens with one attached hydrogen (secondary N) is 3. The summed E-state index contributed by atoms with van der Waals surface area (Å²) < 4.78 is 0.903. The summed E-state index contributed by atoms with van der Waals surface area (Å²) in [6, 6.07) is 12.0. The molecule has 0 bridgehead atoms. The van der Waals surface area contributed by atoms with Gasteiger partial charge in [0.1, 0.15) is 5.82 Å². The molecule has 0 saturated heterocycles. The van der Waals surface area contributed by atoms with E-state index < -0.39 is 11.8 Å². The molecule has 0 aliphatic rings. The predicted molar refractivity (Wildman–Crippen MR) is 102 cm³/mol. The first kappa shape index (κ1) is 19.3. The minimum Gasteiger partial charge on any atom is -0.326 e. The number of nitrogens with zero attached hydrogens (tertiary/aromatic N) is 2. The number of carbonyl (C=O) groups excluding carboxylic acids is 3. The van der Waals surface area contributed by atoms with Crippen LogP contribution in [0.2, 0.25) is 0 Å². The van der Waals surface area contributed by atoms with Crippen LogP contribution >= 0.6 is 15.9 Å². The topological polar surface area (TPSA) is 113 Å². The Balaban J connectivity index is 1.81. The molecule has 3 N–H and O–H groups in total. The van der Waals surface area contributed by atoms with E-state index in [1.807, 2.05) is 0 Å². The molecule has 0 spiro atoms. The van der Waals surface area contributed by atoms with E-state index in [0.717, 1.165) is 4.47 Å². The minimum absolute atomic E-state index is 0.0296. The van der Waals surface area contributed by atoms with Gasteiger partial charge in [0.05, 0.1) is 6.42 Å². The maximum Gasteiger partial charge on any atom is 0.329 e. The van der Waals surface area contributed by atoms with Crippen LogP contribution in [0, 0.1) is 0 Å². The van der Waals surface area contributed by atoms with Crippen LogP contribution in [0.5, 0.6) is 0 Å². The lowest BCUT2D eigenvalue weighted by atomic mass is 10.2. The minimum atomic E-state index is -0.955. The number of pyridine rings is 1. The second-order valence-electron chi connectivity index (χ2n) is 5.19. The third kappa shape index (κ3) is 6.44. The van der Waals surface area contributed by atoms with E-state index in [-0.39, 0.29) is 18.1 Å². The van der Waals surface area contributed by atoms with E-state index in [1.54, 1.807) is 49.4 Å². The van der Waals surface area contributed by atoms with Crippen molar-refractivity contribution in [2.45, 2.75) is 13.3 Å². The molecular formula is C17H16BrN5O3. The zero-order valence-corrected chi connectivity index (χ0v) is 15.4. The van der Waals surface area contributed by atoms with Crippen LogP contribution in [0.1, 0.15) is 13.3 Å². The standard InChI is InChI=1S/C17H16BrN5O3/c1-11(10-15(24)20-13-7-5-12(18)6-8-13)22-23-17(26)16(25)21-14-4-2-3-9-19-14/h2-9H,10H2,1H3,(H,20,24)(H,23,26)(H,19,21,25)/b22-11+. The van der Waals surface area contributed by atoms with Crippen molar-refractivity contribution in [3.8, 4) is 0 Å². The Morgan fingerprint density at radius 2 is 1.77 bits per heavy atom. The second kappa shape index (κ2) is 9.42. The van der Waals surface area contributed by atoms with E-state index in [0.29, 0.717) is 11.4 Å². The van der Waals surface area contributed by atoms with Gasteiger partial charge in [-0.1, -0.05) is 22.0 Å². The van der Waals surface area contributed by atoms with Crippen LogP contribution in [0.4, 0.5) is 11.5 Å². The maximum absolute atomic E-state index is 11.9. The van der Waals surface area contributed by atoms with Crippen LogP contribution in [0.15, 0.2) is 58.2 Å². The molecule has 0 atom stereocenters. The molecule has 1 aromatic heterocycles. The molecule has 26 heavy (non-hydrogen) atoms. The first-order valence-electron chi connectivity index (χ1n) is 7.55. The van der Waals surface area contributed by atoms with Gasteiger partial charge in [-0.05, 0) is 43.3 Å². The zero-order valence-electron chi connectivity index (χ0n) is 13.8. The van der Waals surface area contributed by atoms with Crippen LogP contribution in [-0.4, -0.2) is 28.4 Å². The van der Waals surface area contributed by atoms with Gasteiger partial charge in [-0.3, -0.25) is 14.4 Å². The Hall–Kier alpha value is -3.07. The predicted octanol–water partition coefficient (Wildman–Crippen LogP) is 2.30. The average molecular weight is 418 g/mol. The molecule has 0 aliphatic heterocycles. The van der Waals surface area contributed by atoms with E-state index in [9.17, 15) is 14.4 Å². The van der Waals surface area contributed by atoms with Crippen molar-refractivity contribution in [2.75, 3.05) is 10.6 Å². The number of hydrogen-bond donors (Lipinski definition) is 3. The Morgan fingerprint density at radius 3 is 2.42 bits per heavy atom. The molecule has 0 fully saturated rings. The number of carbonyl (C=O) groups is 3. The van der Waals surface area contributed by atoms with Crippen LogP contribution < -0.4 is 16.1 Å². The van der Waals surface area contributed by atoms with Gasteiger partial charge >= 0.3 is 11.8 Å². The molecule has 9 heteroatoms. The molecule has 0 unspecified atom stereocenters. The number of halogens is 1. The Kier molecular flexibility index (Phi) is 6.98. The summed E-state index contributed by atoms with van der Waals surface area (Å²) in [5.41, 5.74) is 3.09. The fraction of sp³-hybridized carbons (Fsp3) is 0.118. The maximum atomic E-state index is 11.9. The molecule has 1 aromatic carbocycles. The van der Waals surface area contributed by atoms with Gasteiger partial charge < -0.3 is 10.6 Å². The quantitative estimate of drug-likeness (QED) is 0.393. The van der Waals surface area contributed by atoms with Gasteiger partial charge in [0.15, 0.2) is 0 Å². The third-order valence-electron chi connectivity index (χ3n) is 3.01. The van der Waals surface area contributed by atoms with Crippen LogP contribution in [0.3, 0.4) is 0 Å². The lowest BCUT2D eigenvalue weighted by Gasteiger charge is -2.06. The first-order chi connectivity index (χ1) is 12.4. The van der Waals surface area contributed by atoms with Crippen molar-refractivity contribution >= 4 is 50.9 Å². The van der Waals surface area contributed by atoms with Crippen molar-refractivity contribution in [1.82, 2.24) is 10.4 Å². The fourth-order valence-corrected chi connectivity index (χ4v) is 2.08. The van der Waals surface area contributed by atoms with Gasteiger partial charge in [0.2, 0.25) is 5.91 Å². The number of rotatable bonds is 5. The lowest BCUT2D eigenvalue weighted by Crippen LogP contribution is -2.33. The normalized spacial score (nSPS) is 10.8. The molecule has 1 heterocycles. The van der Waals surface area contributed by atoms with Crippen molar-refractivity contribution < 1.29 is 14.4 Å². The number of benzene rings is 1. The highest BCUT2D eigenvalue weighted by Crippen LogP contribution is 2.14. The average Bonchev–Trinajstić information content (AvgIpc) is 2.62. The zero-order chi connectivity index (χ0) is 18.9. The summed E-state index contributed by atoms with van der Waals surface area (Å²) >= 11 is 3.31. The third-order valence-corrected chi connectivity index (χ3v) is 3.53. The molecule has 0 radical (unpaired) electrons. The molecule has 134 valence electrons. The van der Waals surface area contributed by atoms with Crippen molar-refractivity contribution in [3.05, 3.63) is 53.1 Å². The highest BCUT2D eigenvalue weighted by Gasteiger charge is 2.14. The number of amides is 3. The summed E-state index contributed by atoms with van der Waals surface area (Å²) in [6.45, 7) is 1.57. The SMILES string of the molecule is C/C(CC(=O)Nc1ccc(Br)cc1)=N\NC(=O)C(=O)Nc1ccccn1. The van der Waals surface area contributed by atoms with Crippen LogP contribution in [-0.2, 0) is 14.4 Å². The highest BCUT2D eigenvalue weighted by molar-refractivity contribution is 9.10. The van der Waals surface area contributed by atoms with Gasteiger partial charge in [0, 0.05) is 22.1 Å². The van der Waals surface area contributed by atoms with E-state index in [4.69, 9.17) is 0 Å². The lowest BCUT2D eigenvalue weighted by molar-refractivity contribution is -0.136. The van der Waals surface area contributed by atoms with Crippen LogP contribution in [0.25, 0.3) is 0 Å². The molecule has 8 nitrogen and oxygen atoms in total. The molecule has 3 amide bonds. The number of anilines is 2. The van der Waals surface area contributed by atoms with Crippen molar-refractivity contribution in [1.29, 1.82) is 0 Å². The smallest absolute Gasteiger partial charge is 0.326 e. The van der Waals surface area contributed by atoms with Crippen molar-refractivity contribution in [3.63, 3.8) is 0 Å². The summed E-state index contributed by atoms with van der Waals surface area (Å²) in [7, 11) is 0. The molecule has 0 saturated carbocycles. The fourth-order valence-electron chi connectivity index (χ4n) is 1.82. The number of hydrogen-bond acceptors (Lipinski definition) is 5. The summed E-state index contributed by atoms with van der Waals surface area (Å²) in [5.74, 6) is -1.90. The molecule has 2 rings (SSSR count). The Morgan fingerprint density at radius 1 is 1.04 bits per heavy atom. The van der Waals surface area contributed by atoms with Gasteiger partial charge in [-0.15, -0.1) is 0 Å². The molecular weight excluding hydrogens is 402 g/mol. The number of hydrazone groups is 1. The Bertz CT molecular complexity index is 822. The highest BCUT2D eigenvalue weighted by atomic mass is 79.9. The van der Waals surface area contributed by atoms with Gasteiger partial charge in [0.25, 0.3) is 0 Å². The van der Waals surface area contributed by atoms with E-state index >= 15 is 0 Å². The van der Waals surface area contributed by atoms with Crippen molar-refractivity contribution in [2.24, 2.45) is 5.10 Å². The monoisotopic (exact) mass is 417 g/mol. The summed E-state index contributed by atoms with van der Waals surface area (Å²) in [6.07, 6.45) is 1.46. The largest absolute Gasteiger partial charge is 0.329 e. The molecule has 0 aliphatic carbocycles. The summed E-state index contributed by atoms with van der Waals surface area (Å²) in [5, 5.41) is 8.78. The van der Waals surface area contributed by atoms with Gasteiger partial charge in [-0.25, -0.2) is 10.4 Å². The number of aromatic nitrogens is 1.